The fourth-order valence-electron chi connectivity index (χ4n) is 0.973. The fourth-order valence-corrected chi connectivity index (χ4v) is 0.973. The topological polar surface area (TPSA) is 35.2 Å². The van der Waals surface area contributed by atoms with E-state index in [1.807, 2.05) is 6.92 Å². The lowest BCUT2D eigenvalue weighted by Gasteiger charge is -2.22. The Morgan fingerprint density at radius 1 is 1.56 bits per heavy atom. The van der Waals surface area contributed by atoms with Gasteiger partial charge in [-0.05, 0) is 13.3 Å². The second-order valence-electron chi connectivity index (χ2n) is 2.84. The van der Waals surface area contributed by atoms with E-state index in [0.717, 1.165) is 12.8 Å². The molecule has 0 radical (unpaired) electrons. The predicted molar refractivity (Wildman–Crippen MR) is 39.4 cm³/mol. The predicted octanol–water partition coefficient (Wildman–Crippen LogP) is 1.15. The highest BCUT2D eigenvalue weighted by atomic mass is 16.5. The molecule has 0 bridgehead atoms. The third kappa shape index (κ3) is 4.43. The Balaban J connectivity index is 3.43. The summed E-state index contributed by atoms with van der Waals surface area (Å²) in [5.74, 6) is 0. The Hall–Kier alpha value is -0.0800. The van der Waals surface area contributed by atoms with Crippen LogP contribution in [0.4, 0.5) is 0 Å². The third-order valence-electron chi connectivity index (χ3n) is 1.30. The van der Waals surface area contributed by atoms with Crippen LogP contribution in [-0.2, 0) is 4.74 Å². The first-order valence-electron chi connectivity index (χ1n) is 3.40. The minimum Gasteiger partial charge on any atom is -0.383 e. The van der Waals surface area contributed by atoms with Gasteiger partial charge in [-0.2, -0.15) is 0 Å². The largest absolute Gasteiger partial charge is 0.383 e. The number of hydrogen-bond acceptors (Lipinski definition) is 2. The monoisotopic (exact) mass is 131 g/mol. The van der Waals surface area contributed by atoms with Crippen molar-refractivity contribution in [3.8, 4) is 0 Å². The zero-order valence-electron chi connectivity index (χ0n) is 6.61. The first kappa shape index (κ1) is 8.92. The molecule has 56 valence electrons. The number of ether oxygens (including phenoxy) is 1. The smallest absolute Gasteiger partial charge is 0.0639 e. The molecular formula is C7H17NO. The van der Waals surface area contributed by atoms with Gasteiger partial charge in [0.2, 0.25) is 0 Å². The van der Waals surface area contributed by atoms with Crippen LogP contribution in [0.5, 0.6) is 0 Å². The van der Waals surface area contributed by atoms with E-state index >= 15 is 0 Å². The van der Waals surface area contributed by atoms with Crippen molar-refractivity contribution in [1.82, 2.24) is 0 Å². The van der Waals surface area contributed by atoms with Crippen LogP contribution in [-0.4, -0.2) is 19.3 Å². The summed E-state index contributed by atoms with van der Waals surface area (Å²) in [5.41, 5.74) is 5.69. The van der Waals surface area contributed by atoms with E-state index in [-0.39, 0.29) is 5.54 Å². The quantitative estimate of drug-likeness (QED) is 0.621. The van der Waals surface area contributed by atoms with Crippen molar-refractivity contribution in [3.05, 3.63) is 0 Å². The molecule has 9 heavy (non-hydrogen) atoms. The molecule has 2 nitrogen and oxygen atoms in total. The van der Waals surface area contributed by atoms with Crippen LogP contribution in [0.3, 0.4) is 0 Å². The lowest BCUT2D eigenvalue weighted by molar-refractivity contribution is 0.135. The molecule has 0 aliphatic carbocycles. The van der Waals surface area contributed by atoms with Crippen molar-refractivity contribution in [3.63, 3.8) is 0 Å². The summed E-state index contributed by atoms with van der Waals surface area (Å²) in [6.07, 6.45) is 2.15. The molecule has 2 N–H and O–H groups in total. The molecule has 0 aromatic rings. The Kier molecular flexibility index (Phi) is 3.82. The molecule has 0 heterocycles. The second-order valence-corrected chi connectivity index (χ2v) is 2.84. The molecule has 1 unspecified atom stereocenters. The average Bonchev–Trinajstić information content (AvgIpc) is 1.64. The van der Waals surface area contributed by atoms with Gasteiger partial charge in [-0.25, -0.2) is 0 Å². The van der Waals surface area contributed by atoms with Crippen molar-refractivity contribution in [1.29, 1.82) is 0 Å². The maximum atomic E-state index is 5.81. The minimum atomic E-state index is -0.122. The number of rotatable bonds is 4. The van der Waals surface area contributed by atoms with Gasteiger partial charge in [0.15, 0.2) is 0 Å². The van der Waals surface area contributed by atoms with E-state index in [4.69, 9.17) is 10.5 Å². The molecule has 0 saturated heterocycles. The van der Waals surface area contributed by atoms with Gasteiger partial charge in [-0.1, -0.05) is 13.3 Å². The van der Waals surface area contributed by atoms with Gasteiger partial charge in [0.05, 0.1) is 6.61 Å². The van der Waals surface area contributed by atoms with E-state index in [2.05, 4.69) is 6.92 Å². The van der Waals surface area contributed by atoms with E-state index in [9.17, 15) is 0 Å². The highest BCUT2D eigenvalue weighted by Crippen LogP contribution is 2.07. The molecule has 0 saturated carbocycles. The molecule has 2 heteroatoms. The van der Waals surface area contributed by atoms with Gasteiger partial charge < -0.3 is 10.5 Å². The van der Waals surface area contributed by atoms with Crippen LogP contribution in [0, 0.1) is 0 Å². The second kappa shape index (κ2) is 3.85. The van der Waals surface area contributed by atoms with Crippen LogP contribution >= 0.6 is 0 Å². The SMILES string of the molecule is CCCC(C)(N)COC. The number of methoxy groups -OCH3 is 1. The molecule has 1 atom stereocenters. The summed E-state index contributed by atoms with van der Waals surface area (Å²) in [7, 11) is 1.68. The fraction of sp³-hybridized carbons (Fsp3) is 1.00. The highest BCUT2D eigenvalue weighted by molar-refractivity contribution is 4.76. The van der Waals surface area contributed by atoms with Crippen molar-refractivity contribution in [2.45, 2.75) is 32.2 Å². The van der Waals surface area contributed by atoms with Crippen molar-refractivity contribution >= 4 is 0 Å². The maximum absolute atomic E-state index is 5.81. The first-order valence-corrected chi connectivity index (χ1v) is 3.40. The van der Waals surface area contributed by atoms with Crippen LogP contribution in [0.2, 0.25) is 0 Å². The third-order valence-corrected chi connectivity index (χ3v) is 1.30. The Bertz CT molecular complexity index is 63.3. The van der Waals surface area contributed by atoms with Crippen LogP contribution in [0.15, 0.2) is 0 Å². The standard InChI is InChI=1S/C7H17NO/c1-4-5-7(2,8)6-9-3/h4-6,8H2,1-3H3. The molecule has 0 aromatic heterocycles. The molecule has 0 amide bonds. The Morgan fingerprint density at radius 3 is 2.44 bits per heavy atom. The Labute approximate surface area is 57.4 Å². The van der Waals surface area contributed by atoms with E-state index in [1.165, 1.54) is 0 Å². The summed E-state index contributed by atoms with van der Waals surface area (Å²) in [6, 6.07) is 0. The van der Waals surface area contributed by atoms with Gasteiger partial charge in [0.25, 0.3) is 0 Å². The van der Waals surface area contributed by atoms with Crippen LogP contribution < -0.4 is 5.73 Å². The van der Waals surface area contributed by atoms with E-state index in [0.29, 0.717) is 6.61 Å². The minimum absolute atomic E-state index is 0.122. The van der Waals surface area contributed by atoms with Gasteiger partial charge in [0.1, 0.15) is 0 Å². The molecule has 0 aliphatic heterocycles. The summed E-state index contributed by atoms with van der Waals surface area (Å²) in [4.78, 5) is 0. The molecular weight excluding hydrogens is 114 g/mol. The normalized spacial score (nSPS) is 17.3. The average molecular weight is 131 g/mol. The Morgan fingerprint density at radius 2 is 2.11 bits per heavy atom. The van der Waals surface area contributed by atoms with Crippen LogP contribution in [0.25, 0.3) is 0 Å². The van der Waals surface area contributed by atoms with E-state index < -0.39 is 0 Å². The maximum Gasteiger partial charge on any atom is 0.0639 e. The lowest BCUT2D eigenvalue weighted by Crippen LogP contribution is -2.40. The van der Waals surface area contributed by atoms with Crippen molar-refractivity contribution in [2.24, 2.45) is 5.73 Å². The first-order chi connectivity index (χ1) is 4.12. The van der Waals surface area contributed by atoms with Crippen LogP contribution in [0.1, 0.15) is 26.7 Å². The highest BCUT2D eigenvalue weighted by Gasteiger charge is 2.15. The number of nitrogens with two attached hydrogens (primary N) is 1. The zero-order valence-corrected chi connectivity index (χ0v) is 6.61. The van der Waals surface area contributed by atoms with Gasteiger partial charge in [-0.15, -0.1) is 0 Å². The zero-order chi connectivity index (χ0) is 7.33. The number of hydrogen-bond donors (Lipinski definition) is 1. The van der Waals surface area contributed by atoms with E-state index in [1.54, 1.807) is 7.11 Å². The molecule has 0 rings (SSSR count). The summed E-state index contributed by atoms with van der Waals surface area (Å²) in [6.45, 7) is 4.79. The summed E-state index contributed by atoms with van der Waals surface area (Å²) >= 11 is 0. The van der Waals surface area contributed by atoms with Gasteiger partial charge >= 0.3 is 0 Å². The molecule has 0 aliphatic rings. The van der Waals surface area contributed by atoms with Crippen molar-refractivity contribution < 1.29 is 4.74 Å². The molecule has 0 spiro atoms. The van der Waals surface area contributed by atoms with Gasteiger partial charge in [0, 0.05) is 12.6 Å². The summed E-state index contributed by atoms with van der Waals surface area (Å²) < 4.78 is 4.93. The molecule has 0 aromatic carbocycles. The molecule has 0 fully saturated rings. The van der Waals surface area contributed by atoms with Gasteiger partial charge in [-0.3, -0.25) is 0 Å². The van der Waals surface area contributed by atoms with Crippen molar-refractivity contribution in [2.75, 3.05) is 13.7 Å². The summed E-state index contributed by atoms with van der Waals surface area (Å²) in [5, 5.41) is 0. The lowest BCUT2D eigenvalue weighted by atomic mass is 9.99.